The van der Waals surface area contributed by atoms with Gasteiger partial charge < -0.3 is 20.7 Å². The Hall–Kier alpha value is -0.650. The molecule has 5 nitrogen and oxygen atoms in total. The van der Waals surface area contributed by atoms with E-state index in [1.54, 1.807) is 7.05 Å². The van der Waals surface area contributed by atoms with Gasteiger partial charge in [-0.25, -0.2) is 0 Å². The Morgan fingerprint density at radius 3 is 2.68 bits per heavy atom. The Bertz CT molecular complexity index is 329. The molecule has 3 N–H and O–H groups in total. The Labute approximate surface area is 115 Å². The molecule has 2 heterocycles. The minimum atomic E-state index is -0.592. The summed E-state index contributed by atoms with van der Waals surface area (Å²) in [4.78, 5) is 14.0. The summed E-state index contributed by atoms with van der Waals surface area (Å²) < 4.78 is 5.46. The molecule has 2 aliphatic rings. The lowest BCUT2D eigenvalue weighted by atomic mass is 9.80. The Morgan fingerprint density at radius 1 is 1.42 bits per heavy atom. The lowest BCUT2D eigenvalue weighted by Gasteiger charge is -2.34. The zero-order valence-corrected chi connectivity index (χ0v) is 12.2. The fraction of sp³-hybridized carbons (Fsp3) is 0.929. The van der Waals surface area contributed by atoms with Crippen LogP contribution in [0, 0.1) is 5.41 Å². The second-order valence-electron chi connectivity index (χ2n) is 6.33. The first-order valence-electron chi connectivity index (χ1n) is 7.29. The predicted octanol–water partition coefficient (Wildman–Crippen LogP) is 0.342. The Kier molecular flexibility index (Phi) is 4.48. The van der Waals surface area contributed by atoms with Gasteiger partial charge in [0.2, 0.25) is 5.91 Å². The summed E-state index contributed by atoms with van der Waals surface area (Å²) in [5.41, 5.74) is 5.35. The molecular weight excluding hydrogens is 242 g/mol. The fourth-order valence-corrected chi connectivity index (χ4v) is 3.18. The summed E-state index contributed by atoms with van der Waals surface area (Å²) in [6.45, 7) is 6.92. The maximum atomic E-state index is 11.5. The molecule has 0 saturated carbocycles. The van der Waals surface area contributed by atoms with Crippen LogP contribution in [-0.2, 0) is 9.53 Å². The van der Waals surface area contributed by atoms with Gasteiger partial charge in [-0.1, -0.05) is 0 Å². The lowest BCUT2D eigenvalue weighted by molar-refractivity contribution is -0.124. The van der Waals surface area contributed by atoms with E-state index < -0.39 is 5.54 Å². The minimum absolute atomic E-state index is 0.269. The molecule has 1 amide bonds. The van der Waals surface area contributed by atoms with Crippen molar-refractivity contribution < 1.29 is 9.53 Å². The van der Waals surface area contributed by atoms with Crippen LogP contribution in [0.25, 0.3) is 0 Å². The topological polar surface area (TPSA) is 67.6 Å². The fourth-order valence-electron chi connectivity index (χ4n) is 3.18. The van der Waals surface area contributed by atoms with Gasteiger partial charge in [-0.3, -0.25) is 4.79 Å². The van der Waals surface area contributed by atoms with Gasteiger partial charge in [0, 0.05) is 26.3 Å². The summed E-state index contributed by atoms with van der Waals surface area (Å²) in [7, 11) is 1.80. The molecule has 0 aromatic carbocycles. The molecule has 1 unspecified atom stereocenters. The first-order chi connectivity index (χ1) is 9.00. The van der Waals surface area contributed by atoms with Crippen LogP contribution < -0.4 is 11.1 Å². The van der Waals surface area contributed by atoms with E-state index in [9.17, 15) is 4.79 Å². The van der Waals surface area contributed by atoms with Crippen molar-refractivity contribution in [3.8, 4) is 0 Å². The molecule has 1 spiro atoms. The third kappa shape index (κ3) is 3.27. The van der Waals surface area contributed by atoms with Crippen molar-refractivity contribution in [3.05, 3.63) is 0 Å². The van der Waals surface area contributed by atoms with Crippen molar-refractivity contribution in [3.63, 3.8) is 0 Å². The van der Waals surface area contributed by atoms with Crippen molar-refractivity contribution in [1.82, 2.24) is 10.2 Å². The summed E-state index contributed by atoms with van der Waals surface area (Å²) in [6, 6.07) is 0. The van der Waals surface area contributed by atoms with Crippen LogP contribution >= 0.6 is 0 Å². The second-order valence-corrected chi connectivity index (χ2v) is 6.33. The maximum absolute atomic E-state index is 11.5. The molecule has 5 heteroatoms. The predicted molar refractivity (Wildman–Crippen MR) is 74.8 cm³/mol. The summed E-state index contributed by atoms with van der Waals surface area (Å²) in [5, 5.41) is 3.05. The van der Waals surface area contributed by atoms with Crippen LogP contribution in [0.4, 0.5) is 0 Å². The molecule has 110 valence electrons. The SMILES string of the molecule is CNC(C)(CCN1CCC2(CCOCC2)C1)C(N)=O. The van der Waals surface area contributed by atoms with Crippen LogP contribution in [0.1, 0.15) is 32.6 Å². The molecule has 2 saturated heterocycles. The molecule has 0 bridgehead atoms. The smallest absolute Gasteiger partial charge is 0.237 e. The number of nitrogens with zero attached hydrogens (tertiary/aromatic N) is 1. The van der Waals surface area contributed by atoms with E-state index in [2.05, 4.69) is 10.2 Å². The molecule has 1 atom stereocenters. The highest BCUT2D eigenvalue weighted by atomic mass is 16.5. The number of hydrogen-bond donors (Lipinski definition) is 2. The van der Waals surface area contributed by atoms with Crippen LogP contribution in [-0.4, -0.2) is 56.2 Å². The number of carbonyl (C=O) groups excluding carboxylic acids is 1. The van der Waals surface area contributed by atoms with E-state index in [-0.39, 0.29) is 5.91 Å². The zero-order chi connectivity index (χ0) is 13.9. The third-order valence-electron chi connectivity index (χ3n) is 5.09. The monoisotopic (exact) mass is 269 g/mol. The number of nitrogens with one attached hydrogen (secondary N) is 1. The number of primary amides is 1. The maximum Gasteiger partial charge on any atom is 0.237 e. The first-order valence-corrected chi connectivity index (χ1v) is 7.29. The molecule has 19 heavy (non-hydrogen) atoms. The Morgan fingerprint density at radius 2 is 2.11 bits per heavy atom. The van der Waals surface area contributed by atoms with Gasteiger partial charge in [-0.05, 0) is 51.6 Å². The minimum Gasteiger partial charge on any atom is -0.381 e. The number of ether oxygens (including phenoxy) is 1. The summed E-state index contributed by atoms with van der Waals surface area (Å²) in [6.07, 6.45) is 4.40. The molecule has 2 fully saturated rings. The Balaban J connectivity index is 1.83. The molecule has 2 rings (SSSR count). The number of hydrogen-bond acceptors (Lipinski definition) is 4. The van der Waals surface area contributed by atoms with E-state index in [1.165, 1.54) is 19.3 Å². The molecule has 2 aliphatic heterocycles. The number of carbonyl (C=O) groups is 1. The van der Waals surface area contributed by atoms with Crippen LogP contribution in [0.2, 0.25) is 0 Å². The van der Waals surface area contributed by atoms with Crippen molar-refractivity contribution in [1.29, 1.82) is 0 Å². The lowest BCUT2D eigenvalue weighted by Crippen LogP contribution is -2.53. The van der Waals surface area contributed by atoms with E-state index in [0.29, 0.717) is 5.41 Å². The van der Waals surface area contributed by atoms with Crippen LogP contribution in [0.3, 0.4) is 0 Å². The third-order valence-corrected chi connectivity index (χ3v) is 5.09. The molecule has 0 aromatic rings. The van der Waals surface area contributed by atoms with Crippen molar-refractivity contribution in [2.45, 2.75) is 38.1 Å². The van der Waals surface area contributed by atoms with Gasteiger partial charge in [0.15, 0.2) is 0 Å². The van der Waals surface area contributed by atoms with E-state index in [1.807, 2.05) is 6.92 Å². The van der Waals surface area contributed by atoms with Gasteiger partial charge in [0.05, 0.1) is 5.54 Å². The van der Waals surface area contributed by atoms with E-state index in [0.717, 1.165) is 39.3 Å². The average molecular weight is 269 g/mol. The number of rotatable bonds is 5. The highest BCUT2D eigenvalue weighted by molar-refractivity contribution is 5.84. The van der Waals surface area contributed by atoms with Crippen molar-refractivity contribution in [2.75, 3.05) is 39.9 Å². The standard InChI is InChI=1S/C14H27N3O2/c1-13(16-2,12(15)18)3-7-17-8-4-14(11-17)5-9-19-10-6-14/h16H,3-11H2,1-2H3,(H2,15,18). The van der Waals surface area contributed by atoms with Crippen molar-refractivity contribution in [2.24, 2.45) is 11.1 Å². The molecular formula is C14H27N3O2. The number of likely N-dealkylation sites (tertiary alicyclic amines) is 1. The number of amides is 1. The summed E-state index contributed by atoms with van der Waals surface area (Å²) >= 11 is 0. The van der Waals surface area contributed by atoms with Gasteiger partial charge in [0.1, 0.15) is 0 Å². The second kappa shape index (κ2) is 5.77. The van der Waals surface area contributed by atoms with E-state index in [4.69, 9.17) is 10.5 Å². The first kappa shape index (κ1) is 14.8. The van der Waals surface area contributed by atoms with E-state index >= 15 is 0 Å². The van der Waals surface area contributed by atoms with Gasteiger partial charge in [0.25, 0.3) is 0 Å². The van der Waals surface area contributed by atoms with Gasteiger partial charge in [-0.2, -0.15) is 0 Å². The highest BCUT2D eigenvalue weighted by Crippen LogP contribution is 2.39. The number of nitrogens with two attached hydrogens (primary N) is 1. The summed E-state index contributed by atoms with van der Waals surface area (Å²) in [5.74, 6) is -0.269. The normalized spacial score (nSPS) is 26.4. The zero-order valence-electron chi connectivity index (χ0n) is 12.2. The van der Waals surface area contributed by atoms with Crippen molar-refractivity contribution >= 4 is 5.91 Å². The van der Waals surface area contributed by atoms with Gasteiger partial charge in [-0.15, -0.1) is 0 Å². The largest absolute Gasteiger partial charge is 0.381 e. The highest BCUT2D eigenvalue weighted by Gasteiger charge is 2.40. The van der Waals surface area contributed by atoms with Crippen LogP contribution in [0.15, 0.2) is 0 Å². The quantitative estimate of drug-likeness (QED) is 0.755. The number of likely N-dealkylation sites (N-methyl/N-ethyl adjacent to an activating group) is 1. The van der Waals surface area contributed by atoms with Gasteiger partial charge >= 0.3 is 0 Å². The van der Waals surface area contributed by atoms with Crippen LogP contribution in [0.5, 0.6) is 0 Å². The molecule has 0 aliphatic carbocycles. The molecule has 0 radical (unpaired) electrons. The molecule has 0 aromatic heterocycles. The average Bonchev–Trinajstić information content (AvgIpc) is 2.79.